The highest BCUT2D eigenvalue weighted by atomic mass is 35.5. The zero-order valence-electron chi connectivity index (χ0n) is 11.3. The molecule has 1 aromatic carbocycles. The first kappa shape index (κ1) is 16.2. The molecule has 1 fully saturated rings. The van der Waals surface area contributed by atoms with Gasteiger partial charge in [-0.1, -0.05) is 24.9 Å². The first-order valence-corrected chi connectivity index (χ1v) is 8.37. The Morgan fingerprint density at radius 1 is 1.52 bits per heavy atom. The van der Waals surface area contributed by atoms with Crippen LogP contribution in [0.25, 0.3) is 0 Å². The van der Waals surface area contributed by atoms with E-state index in [2.05, 4.69) is 4.72 Å². The maximum atomic E-state index is 14.1. The molecule has 2 rings (SSSR count). The van der Waals surface area contributed by atoms with E-state index in [0.717, 1.165) is 25.0 Å². The van der Waals surface area contributed by atoms with E-state index in [-0.39, 0.29) is 17.0 Å². The number of carbonyl (C=O) groups is 1. The lowest BCUT2D eigenvalue weighted by molar-refractivity contribution is 0.0691. The van der Waals surface area contributed by atoms with E-state index < -0.39 is 32.3 Å². The minimum atomic E-state index is -4.13. The van der Waals surface area contributed by atoms with E-state index in [0.29, 0.717) is 6.42 Å². The standard InChI is InChI=1S/C13H15ClFNO4S/c1-2-3-7-4-10(7)16-21(19,20)11-6-8(14)5-9(12(11)15)13(17)18/h5-7,10,16H,2-4H2,1H3,(H,17,18). The largest absolute Gasteiger partial charge is 0.478 e. The molecule has 0 amide bonds. The third-order valence-corrected chi connectivity index (χ3v) is 5.12. The second-order valence-corrected chi connectivity index (χ2v) is 7.20. The van der Waals surface area contributed by atoms with E-state index in [1.165, 1.54) is 0 Å². The van der Waals surface area contributed by atoms with Crippen molar-refractivity contribution in [2.75, 3.05) is 0 Å². The van der Waals surface area contributed by atoms with E-state index in [4.69, 9.17) is 16.7 Å². The van der Waals surface area contributed by atoms with Crippen molar-refractivity contribution in [1.82, 2.24) is 4.72 Å². The smallest absolute Gasteiger partial charge is 0.338 e. The Labute approximate surface area is 127 Å². The molecular formula is C13H15ClFNO4S. The predicted molar refractivity (Wildman–Crippen MR) is 75.5 cm³/mol. The van der Waals surface area contributed by atoms with Gasteiger partial charge in [-0.3, -0.25) is 0 Å². The normalized spacial score (nSPS) is 21.3. The van der Waals surface area contributed by atoms with Gasteiger partial charge < -0.3 is 5.11 Å². The monoisotopic (exact) mass is 335 g/mol. The Bertz CT molecular complexity index is 677. The topological polar surface area (TPSA) is 83.5 Å². The maximum absolute atomic E-state index is 14.1. The fraction of sp³-hybridized carbons (Fsp3) is 0.462. The molecule has 0 spiro atoms. The fourth-order valence-electron chi connectivity index (χ4n) is 2.26. The second-order valence-electron chi connectivity index (χ2n) is 5.08. The molecule has 0 bridgehead atoms. The molecule has 2 N–H and O–H groups in total. The summed E-state index contributed by atoms with van der Waals surface area (Å²) in [5.74, 6) is -2.61. The van der Waals surface area contributed by atoms with Crippen molar-refractivity contribution in [3.8, 4) is 0 Å². The summed E-state index contributed by atoms with van der Waals surface area (Å²) < 4.78 is 40.8. The quantitative estimate of drug-likeness (QED) is 0.837. The molecule has 0 aliphatic heterocycles. The van der Waals surface area contributed by atoms with Crippen molar-refractivity contribution in [3.63, 3.8) is 0 Å². The number of aromatic carboxylic acids is 1. The summed E-state index contributed by atoms with van der Waals surface area (Å²) in [7, 11) is -4.13. The van der Waals surface area contributed by atoms with E-state index in [1.807, 2.05) is 6.92 Å². The van der Waals surface area contributed by atoms with Gasteiger partial charge in [-0.2, -0.15) is 0 Å². The van der Waals surface area contributed by atoms with Gasteiger partial charge >= 0.3 is 5.97 Å². The van der Waals surface area contributed by atoms with Crippen LogP contribution >= 0.6 is 11.6 Å². The number of rotatable bonds is 6. The molecule has 116 valence electrons. The number of carboxylic acid groups (broad SMARTS) is 1. The van der Waals surface area contributed by atoms with Gasteiger partial charge in [0.2, 0.25) is 10.0 Å². The Hall–Kier alpha value is -1.18. The van der Waals surface area contributed by atoms with Crippen LogP contribution in [0, 0.1) is 11.7 Å². The molecule has 2 atom stereocenters. The first-order valence-electron chi connectivity index (χ1n) is 6.51. The lowest BCUT2D eigenvalue weighted by atomic mass is 10.2. The SMILES string of the molecule is CCCC1CC1NS(=O)(=O)c1cc(Cl)cc(C(=O)O)c1F. The Balaban J connectivity index is 2.30. The van der Waals surface area contributed by atoms with Gasteiger partial charge in [-0.05, 0) is 30.9 Å². The van der Waals surface area contributed by atoms with Crippen molar-refractivity contribution in [3.05, 3.63) is 28.5 Å². The molecule has 5 nitrogen and oxygen atoms in total. The molecular weight excluding hydrogens is 321 g/mol. The van der Waals surface area contributed by atoms with Crippen molar-refractivity contribution < 1.29 is 22.7 Å². The summed E-state index contributed by atoms with van der Waals surface area (Å²) in [6, 6.07) is 1.58. The van der Waals surface area contributed by atoms with Gasteiger partial charge in [0.25, 0.3) is 0 Å². The summed E-state index contributed by atoms with van der Waals surface area (Å²) in [4.78, 5) is 10.2. The molecule has 0 radical (unpaired) electrons. The minimum absolute atomic E-state index is 0.143. The zero-order valence-corrected chi connectivity index (χ0v) is 12.8. The summed E-state index contributed by atoms with van der Waals surface area (Å²) in [5, 5.41) is 8.73. The molecule has 2 unspecified atom stereocenters. The van der Waals surface area contributed by atoms with Gasteiger partial charge in [-0.25, -0.2) is 22.3 Å². The summed E-state index contributed by atoms with van der Waals surface area (Å²) >= 11 is 5.68. The third-order valence-electron chi connectivity index (χ3n) is 3.41. The van der Waals surface area contributed by atoms with Crippen molar-refractivity contribution in [2.45, 2.75) is 37.1 Å². The van der Waals surface area contributed by atoms with Gasteiger partial charge in [0, 0.05) is 11.1 Å². The minimum Gasteiger partial charge on any atom is -0.478 e. The zero-order chi connectivity index (χ0) is 15.8. The summed E-state index contributed by atoms with van der Waals surface area (Å²) in [6.45, 7) is 2.00. The van der Waals surface area contributed by atoms with Crippen molar-refractivity contribution >= 4 is 27.6 Å². The average Bonchev–Trinajstić information content (AvgIpc) is 3.08. The Kier molecular flexibility index (Phi) is 4.55. The van der Waals surface area contributed by atoms with Crippen LogP contribution in [0.2, 0.25) is 5.02 Å². The molecule has 1 aromatic rings. The molecule has 1 saturated carbocycles. The lowest BCUT2D eigenvalue weighted by Crippen LogP contribution is -2.28. The van der Waals surface area contributed by atoms with Crippen LogP contribution in [0.15, 0.2) is 17.0 Å². The van der Waals surface area contributed by atoms with Crippen LogP contribution in [0.4, 0.5) is 4.39 Å². The summed E-state index contributed by atoms with van der Waals surface area (Å²) in [5.41, 5.74) is -0.760. The van der Waals surface area contributed by atoms with Gasteiger partial charge in [0.05, 0.1) is 5.56 Å². The highest BCUT2D eigenvalue weighted by Gasteiger charge is 2.40. The van der Waals surface area contributed by atoms with Crippen LogP contribution in [0.1, 0.15) is 36.5 Å². The fourth-order valence-corrected chi connectivity index (χ4v) is 3.99. The van der Waals surface area contributed by atoms with Crippen LogP contribution < -0.4 is 4.72 Å². The van der Waals surface area contributed by atoms with Crippen LogP contribution in [-0.4, -0.2) is 25.5 Å². The number of carboxylic acids is 1. The Morgan fingerprint density at radius 3 is 2.76 bits per heavy atom. The van der Waals surface area contributed by atoms with E-state index in [1.54, 1.807) is 0 Å². The van der Waals surface area contributed by atoms with Crippen LogP contribution in [0.5, 0.6) is 0 Å². The average molecular weight is 336 g/mol. The number of hydrogen-bond donors (Lipinski definition) is 2. The molecule has 8 heteroatoms. The van der Waals surface area contributed by atoms with E-state index >= 15 is 0 Å². The molecule has 0 aromatic heterocycles. The second kappa shape index (κ2) is 5.90. The first-order chi connectivity index (χ1) is 9.76. The van der Waals surface area contributed by atoms with Gasteiger partial charge in [0.1, 0.15) is 4.90 Å². The molecule has 1 aliphatic carbocycles. The molecule has 21 heavy (non-hydrogen) atoms. The number of nitrogens with one attached hydrogen (secondary N) is 1. The molecule has 0 saturated heterocycles. The molecule has 0 heterocycles. The van der Waals surface area contributed by atoms with E-state index in [9.17, 15) is 17.6 Å². The lowest BCUT2D eigenvalue weighted by Gasteiger charge is -2.09. The number of hydrogen-bond acceptors (Lipinski definition) is 3. The number of benzene rings is 1. The highest BCUT2D eigenvalue weighted by molar-refractivity contribution is 7.89. The predicted octanol–water partition coefficient (Wildman–Crippen LogP) is 2.64. The van der Waals surface area contributed by atoms with Crippen molar-refractivity contribution in [1.29, 1.82) is 0 Å². The molecule has 1 aliphatic rings. The third kappa shape index (κ3) is 3.53. The van der Waals surface area contributed by atoms with Gasteiger partial charge in [-0.15, -0.1) is 0 Å². The van der Waals surface area contributed by atoms with Crippen LogP contribution in [0.3, 0.4) is 0 Å². The maximum Gasteiger partial charge on any atom is 0.338 e. The highest BCUT2D eigenvalue weighted by Crippen LogP contribution is 2.36. The van der Waals surface area contributed by atoms with Crippen LogP contribution in [-0.2, 0) is 10.0 Å². The number of sulfonamides is 1. The summed E-state index contributed by atoms with van der Waals surface area (Å²) in [6.07, 6.45) is 2.55. The Morgan fingerprint density at radius 2 is 2.19 bits per heavy atom. The number of halogens is 2. The van der Waals surface area contributed by atoms with Gasteiger partial charge in [0.15, 0.2) is 5.82 Å². The van der Waals surface area contributed by atoms with Crippen molar-refractivity contribution in [2.24, 2.45) is 5.92 Å².